The van der Waals surface area contributed by atoms with Gasteiger partial charge < -0.3 is 10.1 Å². The van der Waals surface area contributed by atoms with Crippen LogP contribution in [0.2, 0.25) is 0 Å². The van der Waals surface area contributed by atoms with Crippen molar-refractivity contribution in [2.45, 2.75) is 19.9 Å². The van der Waals surface area contributed by atoms with Crippen LogP contribution in [0.5, 0.6) is 5.75 Å². The average Bonchev–Trinajstić information content (AvgIpc) is 2.47. The number of rotatable bonds is 4. The number of hydrogen-bond donors (Lipinski definition) is 1. The zero-order valence-electron chi connectivity index (χ0n) is 12.1. The highest BCUT2D eigenvalue weighted by Crippen LogP contribution is 2.26. The Labute approximate surface area is 122 Å². The van der Waals surface area contributed by atoms with Crippen molar-refractivity contribution in [3.63, 3.8) is 0 Å². The van der Waals surface area contributed by atoms with Gasteiger partial charge in [-0.1, -0.05) is 0 Å². The Bertz CT molecular complexity index is 661. The van der Waals surface area contributed by atoms with Gasteiger partial charge in [0.15, 0.2) is 0 Å². The Morgan fingerprint density at radius 2 is 2.05 bits per heavy atom. The monoisotopic (exact) mass is 289 g/mol. The van der Waals surface area contributed by atoms with Gasteiger partial charge in [-0.15, -0.1) is 0 Å². The van der Waals surface area contributed by atoms with E-state index in [9.17, 15) is 9.18 Å². The van der Waals surface area contributed by atoms with Gasteiger partial charge in [-0.3, -0.25) is 9.78 Å². The van der Waals surface area contributed by atoms with E-state index in [0.717, 1.165) is 0 Å². The molecule has 1 unspecified atom stereocenters. The van der Waals surface area contributed by atoms with E-state index in [2.05, 4.69) is 15.3 Å². The average molecular weight is 289 g/mol. The van der Waals surface area contributed by atoms with Crippen LogP contribution in [0.4, 0.5) is 4.39 Å². The number of methoxy groups -OCH3 is 1. The second-order valence-corrected chi connectivity index (χ2v) is 4.57. The zero-order valence-corrected chi connectivity index (χ0v) is 12.1. The molecule has 1 aromatic heterocycles. The van der Waals surface area contributed by atoms with Crippen LogP contribution >= 0.6 is 0 Å². The maximum atomic E-state index is 13.4. The summed E-state index contributed by atoms with van der Waals surface area (Å²) >= 11 is 0. The quantitative estimate of drug-likeness (QED) is 0.939. The summed E-state index contributed by atoms with van der Waals surface area (Å²) in [6.45, 7) is 3.45. The van der Waals surface area contributed by atoms with Gasteiger partial charge in [0, 0.05) is 18.0 Å². The van der Waals surface area contributed by atoms with Gasteiger partial charge in [-0.05, 0) is 32.0 Å². The van der Waals surface area contributed by atoms with Crippen molar-refractivity contribution in [1.29, 1.82) is 0 Å². The van der Waals surface area contributed by atoms with Crippen LogP contribution in [0.25, 0.3) is 0 Å². The molecule has 0 fully saturated rings. The van der Waals surface area contributed by atoms with Crippen molar-refractivity contribution in [2.24, 2.45) is 0 Å². The van der Waals surface area contributed by atoms with Crippen molar-refractivity contribution in [1.82, 2.24) is 15.3 Å². The highest BCUT2D eigenvalue weighted by molar-refractivity contribution is 5.93. The Balaban J connectivity index is 2.22. The van der Waals surface area contributed by atoms with Crippen molar-refractivity contribution in [2.75, 3.05) is 7.11 Å². The molecule has 1 atom stereocenters. The fourth-order valence-corrected chi connectivity index (χ4v) is 2.02. The minimum Gasteiger partial charge on any atom is -0.496 e. The lowest BCUT2D eigenvalue weighted by Gasteiger charge is -2.17. The first kappa shape index (κ1) is 14.9. The highest BCUT2D eigenvalue weighted by Gasteiger charge is 2.18. The molecule has 1 amide bonds. The smallest absolute Gasteiger partial charge is 0.272 e. The molecule has 1 N–H and O–H groups in total. The number of halogens is 1. The van der Waals surface area contributed by atoms with E-state index in [0.29, 0.717) is 17.0 Å². The van der Waals surface area contributed by atoms with Crippen molar-refractivity contribution < 1.29 is 13.9 Å². The third-order valence-electron chi connectivity index (χ3n) is 3.10. The van der Waals surface area contributed by atoms with E-state index in [1.54, 1.807) is 13.8 Å². The number of aryl methyl sites for hydroxylation is 1. The number of nitrogens with zero attached hydrogens (tertiary/aromatic N) is 2. The fraction of sp³-hybridized carbons (Fsp3) is 0.267. The van der Waals surface area contributed by atoms with Crippen molar-refractivity contribution >= 4 is 5.91 Å². The fourth-order valence-electron chi connectivity index (χ4n) is 2.02. The second-order valence-electron chi connectivity index (χ2n) is 4.57. The zero-order chi connectivity index (χ0) is 15.4. The molecule has 1 aromatic carbocycles. The summed E-state index contributed by atoms with van der Waals surface area (Å²) in [5, 5.41) is 2.77. The Hall–Kier alpha value is -2.50. The molecule has 110 valence electrons. The van der Waals surface area contributed by atoms with Crippen LogP contribution in [-0.4, -0.2) is 23.0 Å². The molecule has 2 rings (SSSR count). The number of hydrogen-bond acceptors (Lipinski definition) is 4. The molecule has 2 aromatic rings. The molecule has 0 radical (unpaired) electrons. The van der Waals surface area contributed by atoms with E-state index >= 15 is 0 Å². The second kappa shape index (κ2) is 6.30. The number of nitrogens with one attached hydrogen (secondary N) is 1. The molecule has 0 aliphatic rings. The van der Waals surface area contributed by atoms with E-state index in [1.807, 2.05) is 0 Å². The minimum absolute atomic E-state index is 0.250. The molecule has 0 bridgehead atoms. The lowest BCUT2D eigenvalue weighted by molar-refractivity contribution is 0.0933. The van der Waals surface area contributed by atoms with E-state index < -0.39 is 6.04 Å². The standard InChI is InChI=1S/C15H16FN3O2/c1-9(12-8-11(16)4-5-13(12)21-3)19-15(20)14-10(2)17-6-7-18-14/h4-9H,1-3H3,(H,19,20). The van der Waals surface area contributed by atoms with Crippen LogP contribution in [0, 0.1) is 12.7 Å². The van der Waals surface area contributed by atoms with Crippen LogP contribution in [0.1, 0.15) is 34.7 Å². The van der Waals surface area contributed by atoms with Gasteiger partial charge in [0.1, 0.15) is 17.3 Å². The summed E-state index contributed by atoms with van der Waals surface area (Å²) in [6, 6.07) is 3.75. The molecule has 0 aliphatic heterocycles. The van der Waals surface area contributed by atoms with E-state index in [1.165, 1.54) is 37.7 Å². The Kier molecular flexibility index (Phi) is 4.47. The molecule has 6 heteroatoms. The molecule has 21 heavy (non-hydrogen) atoms. The molecule has 5 nitrogen and oxygen atoms in total. The number of amides is 1. The molecule has 0 spiro atoms. The van der Waals surface area contributed by atoms with Gasteiger partial charge in [0.25, 0.3) is 5.91 Å². The first-order valence-corrected chi connectivity index (χ1v) is 6.45. The van der Waals surface area contributed by atoms with Gasteiger partial charge >= 0.3 is 0 Å². The molecule has 0 saturated carbocycles. The lowest BCUT2D eigenvalue weighted by atomic mass is 10.1. The largest absolute Gasteiger partial charge is 0.496 e. The molecular formula is C15H16FN3O2. The van der Waals surface area contributed by atoms with Crippen LogP contribution in [0.3, 0.4) is 0 Å². The minimum atomic E-state index is -0.426. The number of carbonyl (C=O) groups is 1. The molecule has 0 saturated heterocycles. The van der Waals surface area contributed by atoms with Crippen molar-refractivity contribution in [3.05, 3.63) is 53.4 Å². The van der Waals surface area contributed by atoms with Crippen molar-refractivity contribution in [3.8, 4) is 5.75 Å². The first-order chi connectivity index (χ1) is 10.0. The van der Waals surface area contributed by atoms with E-state index in [4.69, 9.17) is 4.74 Å². The maximum absolute atomic E-state index is 13.4. The maximum Gasteiger partial charge on any atom is 0.272 e. The summed E-state index contributed by atoms with van der Waals surface area (Å²) in [6.07, 6.45) is 2.97. The van der Waals surface area contributed by atoms with Gasteiger partial charge in [0.05, 0.1) is 18.8 Å². The summed E-state index contributed by atoms with van der Waals surface area (Å²) in [5.74, 6) is -0.234. The van der Waals surface area contributed by atoms with Gasteiger partial charge in [0.2, 0.25) is 0 Å². The van der Waals surface area contributed by atoms with Crippen LogP contribution in [-0.2, 0) is 0 Å². The number of aromatic nitrogens is 2. The Morgan fingerprint density at radius 1 is 1.33 bits per heavy atom. The van der Waals surface area contributed by atoms with Crippen LogP contribution in [0.15, 0.2) is 30.6 Å². The molecule has 0 aliphatic carbocycles. The highest BCUT2D eigenvalue weighted by atomic mass is 19.1. The topological polar surface area (TPSA) is 64.1 Å². The third kappa shape index (κ3) is 3.34. The summed E-state index contributed by atoms with van der Waals surface area (Å²) < 4.78 is 18.6. The normalized spacial score (nSPS) is 11.8. The SMILES string of the molecule is COc1ccc(F)cc1C(C)NC(=O)c1nccnc1C. The lowest BCUT2D eigenvalue weighted by Crippen LogP contribution is -2.28. The first-order valence-electron chi connectivity index (χ1n) is 6.45. The molecule has 1 heterocycles. The molecular weight excluding hydrogens is 273 g/mol. The summed E-state index contributed by atoms with van der Waals surface area (Å²) in [5.41, 5.74) is 1.35. The number of benzene rings is 1. The summed E-state index contributed by atoms with van der Waals surface area (Å²) in [7, 11) is 1.50. The number of ether oxygens (including phenoxy) is 1. The van der Waals surface area contributed by atoms with Crippen LogP contribution < -0.4 is 10.1 Å². The third-order valence-corrected chi connectivity index (χ3v) is 3.10. The Morgan fingerprint density at radius 3 is 2.71 bits per heavy atom. The summed E-state index contributed by atoms with van der Waals surface area (Å²) in [4.78, 5) is 20.2. The van der Waals surface area contributed by atoms with E-state index in [-0.39, 0.29) is 17.4 Å². The predicted octanol–water partition coefficient (Wildman–Crippen LogP) is 2.42. The number of carbonyl (C=O) groups excluding carboxylic acids is 1. The van der Waals surface area contributed by atoms with Gasteiger partial charge in [-0.2, -0.15) is 0 Å². The van der Waals surface area contributed by atoms with Gasteiger partial charge in [-0.25, -0.2) is 9.37 Å². The predicted molar refractivity (Wildman–Crippen MR) is 75.6 cm³/mol.